The molecule has 0 atom stereocenters. The monoisotopic (exact) mass is 498 g/mol. The fourth-order valence-corrected chi connectivity index (χ4v) is 6.25. The molecule has 9 heteroatoms. The predicted molar refractivity (Wildman–Crippen MR) is 139 cm³/mol. The summed E-state index contributed by atoms with van der Waals surface area (Å²) in [7, 11) is 1.57. The van der Waals surface area contributed by atoms with Gasteiger partial charge in [-0.15, -0.1) is 11.3 Å². The highest BCUT2D eigenvalue weighted by molar-refractivity contribution is 7.99. The Balaban J connectivity index is 1.57. The molecule has 0 aliphatic heterocycles. The minimum Gasteiger partial charge on any atom is -0.355 e. The van der Waals surface area contributed by atoms with Crippen LogP contribution in [0.3, 0.4) is 0 Å². The lowest BCUT2D eigenvalue weighted by atomic mass is 9.97. The molecular weight excluding hydrogens is 468 g/mol. The second kappa shape index (κ2) is 10.7. The van der Waals surface area contributed by atoms with Gasteiger partial charge in [0.15, 0.2) is 5.16 Å². The Morgan fingerprint density at radius 1 is 1.24 bits per heavy atom. The minimum absolute atomic E-state index is 0.0197. The van der Waals surface area contributed by atoms with E-state index in [0.717, 1.165) is 42.3 Å². The number of carbonyl (C=O) groups is 2. The summed E-state index contributed by atoms with van der Waals surface area (Å²) in [6.45, 7) is 4.86. The van der Waals surface area contributed by atoms with Crippen molar-refractivity contribution in [3.8, 4) is 0 Å². The SMILES string of the molecule is CNC(=O)c1cccc(NC(=O)CSc2nc3sc4c(c3c(=O)n2CCC(C)C)CCCC4)c1. The van der Waals surface area contributed by atoms with Crippen LogP contribution in [0.5, 0.6) is 0 Å². The molecule has 0 radical (unpaired) electrons. The summed E-state index contributed by atoms with van der Waals surface area (Å²) in [5.74, 6) is 0.146. The van der Waals surface area contributed by atoms with Gasteiger partial charge in [0.1, 0.15) is 4.83 Å². The minimum atomic E-state index is -0.214. The van der Waals surface area contributed by atoms with Crippen molar-refractivity contribution >= 4 is 50.8 Å². The molecule has 0 fully saturated rings. The normalized spacial score (nSPS) is 13.2. The number of hydrogen-bond acceptors (Lipinski definition) is 6. The lowest BCUT2D eigenvalue weighted by Crippen LogP contribution is -2.25. The lowest BCUT2D eigenvalue weighted by Gasteiger charge is -2.14. The number of aromatic nitrogens is 2. The molecule has 7 nitrogen and oxygen atoms in total. The fraction of sp³-hybridized carbons (Fsp3) is 0.440. The second-order valence-electron chi connectivity index (χ2n) is 8.92. The van der Waals surface area contributed by atoms with Crippen molar-refractivity contribution in [2.75, 3.05) is 18.1 Å². The number of anilines is 1. The molecule has 0 saturated heterocycles. The Kier molecular flexibility index (Phi) is 7.73. The molecular formula is C25H30N4O3S2. The van der Waals surface area contributed by atoms with Gasteiger partial charge in [-0.2, -0.15) is 0 Å². The molecule has 1 aliphatic rings. The van der Waals surface area contributed by atoms with E-state index in [1.807, 2.05) is 0 Å². The Hall–Kier alpha value is -2.65. The number of rotatable bonds is 8. The van der Waals surface area contributed by atoms with Gasteiger partial charge >= 0.3 is 0 Å². The molecule has 2 heterocycles. The maximum Gasteiger partial charge on any atom is 0.263 e. The van der Waals surface area contributed by atoms with Gasteiger partial charge in [0, 0.05) is 29.7 Å². The van der Waals surface area contributed by atoms with E-state index >= 15 is 0 Å². The summed E-state index contributed by atoms with van der Waals surface area (Å²) < 4.78 is 1.76. The van der Waals surface area contributed by atoms with Crippen molar-refractivity contribution in [2.24, 2.45) is 5.92 Å². The Morgan fingerprint density at radius 2 is 2.03 bits per heavy atom. The van der Waals surface area contributed by atoms with E-state index in [1.54, 1.807) is 47.2 Å². The number of benzene rings is 1. The Labute approximate surface area is 207 Å². The van der Waals surface area contributed by atoms with Crippen LogP contribution in [0, 0.1) is 5.92 Å². The van der Waals surface area contributed by atoms with Gasteiger partial charge in [-0.1, -0.05) is 31.7 Å². The van der Waals surface area contributed by atoms with E-state index in [1.165, 1.54) is 22.2 Å². The summed E-state index contributed by atoms with van der Waals surface area (Å²) in [4.78, 5) is 45.0. The average molecular weight is 499 g/mol. The van der Waals surface area contributed by atoms with E-state index < -0.39 is 0 Å². The summed E-state index contributed by atoms with van der Waals surface area (Å²) >= 11 is 2.91. The molecule has 3 aromatic rings. The highest BCUT2D eigenvalue weighted by atomic mass is 32.2. The summed E-state index contributed by atoms with van der Waals surface area (Å²) in [6.07, 6.45) is 5.10. The fourth-order valence-electron chi connectivity index (χ4n) is 4.12. The van der Waals surface area contributed by atoms with Crippen LogP contribution >= 0.6 is 23.1 Å². The van der Waals surface area contributed by atoms with Crippen LogP contribution < -0.4 is 16.2 Å². The molecule has 0 bridgehead atoms. The van der Waals surface area contributed by atoms with E-state index in [9.17, 15) is 14.4 Å². The van der Waals surface area contributed by atoms with Crippen molar-refractivity contribution in [3.05, 3.63) is 50.6 Å². The third-order valence-electron chi connectivity index (χ3n) is 5.94. The van der Waals surface area contributed by atoms with Crippen LogP contribution in [0.15, 0.2) is 34.2 Å². The first-order chi connectivity index (χ1) is 16.4. The highest BCUT2D eigenvalue weighted by Crippen LogP contribution is 2.34. The van der Waals surface area contributed by atoms with Crippen molar-refractivity contribution in [2.45, 2.75) is 57.7 Å². The molecule has 0 unspecified atom stereocenters. The standard InChI is InChI=1S/C25H30N4O3S2/c1-15(2)11-12-29-24(32)21-18-9-4-5-10-19(18)34-23(21)28-25(29)33-14-20(30)27-17-8-6-7-16(13-17)22(31)26-3/h6-8,13,15H,4-5,9-12,14H2,1-3H3,(H,26,31)(H,27,30). The van der Waals surface area contributed by atoms with Gasteiger partial charge in [-0.25, -0.2) is 4.98 Å². The topological polar surface area (TPSA) is 93.1 Å². The third-order valence-corrected chi connectivity index (χ3v) is 8.10. The van der Waals surface area contributed by atoms with Gasteiger partial charge in [-0.3, -0.25) is 19.0 Å². The first-order valence-corrected chi connectivity index (χ1v) is 13.5. The summed E-state index contributed by atoms with van der Waals surface area (Å²) in [5.41, 5.74) is 2.24. The smallest absolute Gasteiger partial charge is 0.263 e. The molecule has 34 heavy (non-hydrogen) atoms. The molecule has 1 aliphatic carbocycles. The Bertz CT molecular complexity index is 1280. The van der Waals surface area contributed by atoms with Crippen LogP contribution in [-0.4, -0.2) is 34.2 Å². The number of aryl methyl sites for hydroxylation is 2. The average Bonchev–Trinajstić information content (AvgIpc) is 3.20. The lowest BCUT2D eigenvalue weighted by molar-refractivity contribution is -0.113. The van der Waals surface area contributed by atoms with Gasteiger partial charge in [-0.05, 0) is 61.8 Å². The van der Waals surface area contributed by atoms with E-state index in [4.69, 9.17) is 4.98 Å². The summed E-state index contributed by atoms with van der Waals surface area (Å²) in [5, 5.41) is 6.79. The van der Waals surface area contributed by atoms with Crippen LogP contribution in [0.4, 0.5) is 5.69 Å². The number of nitrogens with zero attached hydrogens (tertiary/aromatic N) is 2. The zero-order valence-electron chi connectivity index (χ0n) is 19.8. The molecule has 2 N–H and O–H groups in total. The van der Waals surface area contributed by atoms with E-state index in [2.05, 4.69) is 24.5 Å². The molecule has 180 valence electrons. The maximum atomic E-state index is 13.5. The van der Waals surface area contributed by atoms with Crippen LogP contribution in [0.2, 0.25) is 0 Å². The largest absolute Gasteiger partial charge is 0.355 e. The third kappa shape index (κ3) is 5.36. The molecule has 0 spiro atoms. The molecule has 2 aromatic heterocycles. The molecule has 2 amide bonds. The van der Waals surface area contributed by atoms with Gasteiger partial charge in [0.2, 0.25) is 5.91 Å². The van der Waals surface area contributed by atoms with E-state index in [0.29, 0.717) is 28.9 Å². The van der Waals surface area contributed by atoms with Crippen LogP contribution in [0.1, 0.15) is 53.9 Å². The molecule has 4 rings (SSSR count). The van der Waals surface area contributed by atoms with Crippen LogP contribution in [-0.2, 0) is 24.2 Å². The number of carbonyl (C=O) groups excluding carboxylic acids is 2. The van der Waals surface area contributed by atoms with Crippen molar-refractivity contribution in [3.63, 3.8) is 0 Å². The van der Waals surface area contributed by atoms with Crippen molar-refractivity contribution in [1.82, 2.24) is 14.9 Å². The Morgan fingerprint density at radius 3 is 2.79 bits per heavy atom. The quantitative estimate of drug-likeness (QED) is 0.353. The van der Waals surface area contributed by atoms with Gasteiger partial charge in [0.05, 0.1) is 11.1 Å². The number of nitrogens with one attached hydrogen (secondary N) is 2. The van der Waals surface area contributed by atoms with Crippen molar-refractivity contribution < 1.29 is 9.59 Å². The van der Waals surface area contributed by atoms with Gasteiger partial charge in [0.25, 0.3) is 11.5 Å². The molecule has 0 saturated carbocycles. The van der Waals surface area contributed by atoms with Crippen LogP contribution in [0.25, 0.3) is 10.2 Å². The number of thiophene rings is 1. The maximum absolute atomic E-state index is 13.5. The van der Waals surface area contributed by atoms with E-state index in [-0.39, 0.29) is 23.1 Å². The predicted octanol–water partition coefficient (Wildman–Crippen LogP) is 4.47. The number of thioether (sulfide) groups is 1. The van der Waals surface area contributed by atoms with Gasteiger partial charge < -0.3 is 10.6 Å². The second-order valence-corrected chi connectivity index (χ2v) is 10.9. The summed E-state index contributed by atoms with van der Waals surface area (Å²) in [6, 6.07) is 6.80. The number of amides is 2. The zero-order valence-corrected chi connectivity index (χ0v) is 21.4. The first-order valence-electron chi connectivity index (χ1n) is 11.7. The number of hydrogen-bond donors (Lipinski definition) is 2. The zero-order chi connectivity index (χ0) is 24.2. The number of fused-ring (bicyclic) bond motifs is 3. The highest BCUT2D eigenvalue weighted by Gasteiger charge is 2.22. The molecule has 1 aromatic carbocycles. The first kappa shape index (κ1) is 24.5. The van der Waals surface area contributed by atoms with Crippen molar-refractivity contribution in [1.29, 1.82) is 0 Å².